The molecule has 0 N–H and O–H groups in total. The summed E-state index contributed by atoms with van der Waals surface area (Å²) < 4.78 is 4.89. The van der Waals surface area contributed by atoms with Crippen molar-refractivity contribution >= 4 is 23.4 Å². The Bertz CT molecular complexity index is 581. The van der Waals surface area contributed by atoms with Crippen molar-refractivity contribution in [1.29, 1.82) is 0 Å². The van der Waals surface area contributed by atoms with E-state index in [0.29, 0.717) is 10.6 Å². The van der Waals surface area contributed by atoms with E-state index in [4.69, 9.17) is 16.3 Å². The van der Waals surface area contributed by atoms with E-state index in [0.717, 1.165) is 0 Å². The molecule has 0 unspecified atom stereocenters. The maximum Gasteiger partial charge on any atom is 0.357 e. The first-order chi connectivity index (χ1) is 9.16. The molecule has 0 atom stereocenters. The van der Waals surface area contributed by atoms with E-state index in [9.17, 15) is 9.59 Å². The number of hydrogen-bond donors (Lipinski definition) is 0. The van der Waals surface area contributed by atoms with Crippen molar-refractivity contribution in [2.24, 2.45) is 0 Å². The van der Waals surface area contributed by atoms with Crippen LogP contribution in [-0.4, -0.2) is 23.3 Å². The van der Waals surface area contributed by atoms with Crippen molar-refractivity contribution in [2.45, 2.75) is 0 Å². The molecule has 0 spiro atoms. The van der Waals surface area contributed by atoms with Crippen molar-refractivity contribution in [3.63, 3.8) is 0 Å². The molecule has 0 bridgehead atoms. The molecule has 19 heavy (non-hydrogen) atoms. The molecule has 0 aliphatic heterocycles. The monoisotopic (exact) mass is 275 g/mol. The van der Waals surface area contributed by atoms with Crippen molar-refractivity contribution in [2.75, 3.05) is 6.61 Å². The lowest BCUT2D eigenvalue weighted by molar-refractivity contribution is 0.0469. The minimum absolute atomic E-state index is 0.173. The number of carbonyl (C=O) groups is 2. The highest BCUT2D eigenvalue weighted by molar-refractivity contribution is 6.30. The Hall–Kier alpha value is -2.20. The number of rotatable bonds is 4. The minimum Gasteiger partial charge on any atom is -0.453 e. The van der Waals surface area contributed by atoms with Gasteiger partial charge in [-0.05, 0) is 36.4 Å². The molecule has 0 saturated heterocycles. The van der Waals surface area contributed by atoms with Gasteiger partial charge in [0.15, 0.2) is 12.4 Å². The van der Waals surface area contributed by atoms with Crippen LogP contribution < -0.4 is 0 Å². The second kappa shape index (κ2) is 6.11. The normalized spacial score (nSPS) is 9.95. The smallest absolute Gasteiger partial charge is 0.357 e. The number of esters is 1. The lowest BCUT2D eigenvalue weighted by atomic mass is 10.1. The molecule has 0 fully saturated rings. The number of aromatic nitrogens is 1. The van der Waals surface area contributed by atoms with Gasteiger partial charge in [-0.1, -0.05) is 17.7 Å². The molecule has 2 rings (SSSR count). The predicted molar refractivity (Wildman–Crippen MR) is 70.3 cm³/mol. The van der Waals surface area contributed by atoms with Crippen molar-refractivity contribution < 1.29 is 14.3 Å². The maximum absolute atomic E-state index is 11.8. The SMILES string of the molecule is O=C(COC(=O)c1ccccn1)c1ccc(Cl)cc1. The zero-order valence-corrected chi connectivity index (χ0v) is 10.6. The summed E-state index contributed by atoms with van der Waals surface area (Å²) >= 11 is 5.72. The van der Waals surface area contributed by atoms with E-state index >= 15 is 0 Å². The quantitative estimate of drug-likeness (QED) is 0.636. The molecule has 0 aliphatic carbocycles. The maximum atomic E-state index is 11.8. The zero-order valence-electron chi connectivity index (χ0n) is 9.88. The zero-order chi connectivity index (χ0) is 13.7. The van der Waals surface area contributed by atoms with Crippen LogP contribution in [-0.2, 0) is 4.74 Å². The molecule has 1 aromatic heterocycles. The van der Waals surface area contributed by atoms with Crippen LogP contribution in [0.3, 0.4) is 0 Å². The third kappa shape index (κ3) is 3.63. The van der Waals surface area contributed by atoms with Crippen LogP contribution in [0.25, 0.3) is 0 Å². The minimum atomic E-state index is -0.622. The summed E-state index contributed by atoms with van der Waals surface area (Å²) in [6, 6.07) is 11.3. The fraction of sp³-hybridized carbons (Fsp3) is 0.0714. The van der Waals surface area contributed by atoms with E-state index in [2.05, 4.69) is 4.98 Å². The van der Waals surface area contributed by atoms with E-state index in [1.54, 1.807) is 36.4 Å². The fourth-order valence-corrected chi connectivity index (χ4v) is 1.53. The lowest BCUT2D eigenvalue weighted by Gasteiger charge is -2.03. The van der Waals surface area contributed by atoms with Gasteiger partial charge in [0.2, 0.25) is 0 Å². The lowest BCUT2D eigenvalue weighted by Crippen LogP contribution is -2.15. The first kappa shape index (κ1) is 13.2. The van der Waals surface area contributed by atoms with Gasteiger partial charge in [-0.3, -0.25) is 4.79 Å². The molecule has 4 nitrogen and oxygen atoms in total. The second-order valence-electron chi connectivity index (χ2n) is 3.72. The van der Waals surface area contributed by atoms with Gasteiger partial charge < -0.3 is 4.74 Å². The highest BCUT2D eigenvalue weighted by atomic mass is 35.5. The van der Waals surface area contributed by atoms with E-state index in [1.807, 2.05) is 0 Å². The number of benzene rings is 1. The fourth-order valence-electron chi connectivity index (χ4n) is 1.41. The molecular formula is C14H10ClNO3. The highest BCUT2D eigenvalue weighted by Crippen LogP contribution is 2.10. The van der Waals surface area contributed by atoms with Gasteiger partial charge in [0.1, 0.15) is 5.69 Å². The van der Waals surface area contributed by atoms with Crippen LogP contribution >= 0.6 is 11.6 Å². The number of carbonyl (C=O) groups excluding carboxylic acids is 2. The van der Waals surface area contributed by atoms with Gasteiger partial charge in [0.05, 0.1) is 0 Å². The molecule has 5 heteroatoms. The van der Waals surface area contributed by atoms with Crippen LogP contribution in [0, 0.1) is 0 Å². The molecule has 2 aromatic rings. The summed E-state index contributed by atoms with van der Waals surface area (Å²) in [6.07, 6.45) is 1.48. The summed E-state index contributed by atoms with van der Waals surface area (Å²) in [6.45, 7) is -0.322. The summed E-state index contributed by atoms with van der Waals surface area (Å²) in [4.78, 5) is 27.2. The topological polar surface area (TPSA) is 56.3 Å². The van der Waals surface area contributed by atoms with Crippen molar-refractivity contribution in [3.8, 4) is 0 Å². The molecular weight excluding hydrogens is 266 g/mol. The molecule has 1 aromatic carbocycles. The Morgan fingerprint density at radius 2 is 1.84 bits per heavy atom. The number of hydrogen-bond acceptors (Lipinski definition) is 4. The van der Waals surface area contributed by atoms with Crippen molar-refractivity contribution in [3.05, 3.63) is 64.9 Å². The number of pyridine rings is 1. The average molecular weight is 276 g/mol. The summed E-state index contributed by atoms with van der Waals surface area (Å²) in [5.41, 5.74) is 0.615. The van der Waals surface area contributed by atoms with Gasteiger partial charge in [0, 0.05) is 16.8 Å². The number of Topliss-reactive ketones (excluding diaryl/α,β-unsaturated/α-hetero) is 1. The number of nitrogens with zero attached hydrogens (tertiary/aromatic N) is 1. The van der Waals surface area contributed by atoms with E-state index in [-0.39, 0.29) is 18.1 Å². The summed E-state index contributed by atoms with van der Waals surface area (Å²) in [5.74, 6) is -0.913. The average Bonchev–Trinajstić information content (AvgIpc) is 2.46. The Labute approximate surface area is 115 Å². The molecule has 0 saturated carbocycles. The Morgan fingerprint density at radius 3 is 2.47 bits per heavy atom. The van der Waals surface area contributed by atoms with Gasteiger partial charge in [-0.15, -0.1) is 0 Å². The van der Waals surface area contributed by atoms with Crippen LogP contribution in [0.4, 0.5) is 0 Å². The van der Waals surface area contributed by atoms with E-state index in [1.165, 1.54) is 12.3 Å². The second-order valence-corrected chi connectivity index (χ2v) is 4.16. The molecule has 0 aliphatic rings. The van der Waals surface area contributed by atoms with Gasteiger partial charge in [0.25, 0.3) is 0 Å². The molecule has 1 heterocycles. The van der Waals surface area contributed by atoms with Crippen LogP contribution in [0.5, 0.6) is 0 Å². The first-order valence-electron chi connectivity index (χ1n) is 5.54. The number of ketones is 1. The van der Waals surface area contributed by atoms with Gasteiger partial charge in [-0.25, -0.2) is 9.78 Å². The first-order valence-corrected chi connectivity index (χ1v) is 5.91. The highest BCUT2D eigenvalue weighted by Gasteiger charge is 2.12. The number of halogens is 1. The summed E-state index contributed by atoms with van der Waals surface area (Å²) in [7, 11) is 0. The van der Waals surface area contributed by atoms with Crippen LogP contribution in [0.15, 0.2) is 48.7 Å². The molecule has 0 radical (unpaired) electrons. The Morgan fingerprint density at radius 1 is 1.11 bits per heavy atom. The van der Waals surface area contributed by atoms with Gasteiger partial charge in [-0.2, -0.15) is 0 Å². The molecule has 0 amide bonds. The van der Waals surface area contributed by atoms with Crippen LogP contribution in [0.2, 0.25) is 5.02 Å². The predicted octanol–water partition coefficient (Wildman–Crippen LogP) is 2.77. The molecule has 96 valence electrons. The van der Waals surface area contributed by atoms with Crippen LogP contribution in [0.1, 0.15) is 20.8 Å². The third-order valence-corrected chi connectivity index (χ3v) is 2.63. The third-order valence-electron chi connectivity index (χ3n) is 2.37. The Balaban J connectivity index is 1.94. The standard InChI is InChI=1S/C14H10ClNO3/c15-11-6-4-10(5-7-11)13(17)9-19-14(18)12-3-1-2-8-16-12/h1-8H,9H2. The van der Waals surface area contributed by atoms with Crippen molar-refractivity contribution in [1.82, 2.24) is 4.98 Å². The summed E-state index contributed by atoms with van der Waals surface area (Å²) in [5, 5.41) is 0.544. The number of ether oxygens (including phenoxy) is 1. The van der Waals surface area contributed by atoms with E-state index < -0.39 is 5.97 Å². The largest absolute Gasteiger partial charge is 0.453 e. The van der Waals surface area contributed by atoms with Gasteiger partial charge >= 0.3 is 5.97 Å². The Kier molecular flexibility index (Phi) is 4.26.